The van der Waals surface area contributed by atoms with Gasteiger partial charge < -0.3 is 10.2 Å². The Balaban J connectivity index is 1.75. The molecule has 33 heavy (non-hydrogen) atoms. The van der Waals surface area contributed by atoms with Crippen LogP contribution in [-0.4, -0.2) is 30.2 Å². The van der Waals surface area contributed by atoms with Gasteiger partial charge >= 0.3 is 0 Å². The van der Waals surface area contributed by atoms with Gasteiger partial charge in [-0.2, -0.15) is 0 Å². The maximum atomic E-state index is 13.5. The number of benzene rings is 1. The fraction of sp³-hybridized carbons (Fsp3) is 0.586. The van der Waals surface area contributed by atoms with E-state index in [-0.39, 0.29) is 18.1 Å². The fourth-order valence-electron chi connectivity index (χ4n) is 5.26. The Kier molecular flexibility index (Phi) is 8.94. The molecule has 0 spiro atoms. The molecule has 0 radical (unpaired) electrons. The van der Waals surface area contributed by atoms with Crippen molar-refractivity contribution < 1.29 is 9.59 Å². The van der Waals surface area contributed by atoms with Crippen LogP contribution in [0.4, 0.5) is 0 Å². The quantitative estimate of drug-likeness (QED) is 0.442. The number of aryl methyl sites for hydroxylation is 1. The first-order valence-electron chi connectivity index (χ1n) is 12.8. The minimum absolute atomic E-state index is 0.000440. The molecular weight excluding hydrogens is 408 g/mol. The first kappa shape index (κ1) is 25.3. The van der Waals surface area contributed by atoms with Crippen LogP contribution < -0.4 is 5.32 Å². The van der Waals surface area contributed by atoms with Crippen LogP contribution in [-0.2, 0) is 4.79 Å². The highest BCUT2D eigenvalue weighted by Crippen LogP contribution is 2.33. The summed E-state index contributed by atoms with van der Waals surface area (Å²) < 4.78 is 0. The van der Waals surface area contributed by atoms with Crippen LogP contribution in [0.1, 0.15) is 88.1 Å². The summed E-state index contributed by atoms with van der Waals surface area (Å²) in [5, 5.41) is 3.23. The summed E-state index contributed by atoms with van der Waals surface area (Å²) in [4.78, 5) is 28.8. The van der Waals surface area contributed by atoms with Crippen LogP contribution in [0.2, 0.25) is 0 Å². The van der Waals surface area contributed by atoms with Gasteiger partial charge in [0.25, 0.3) is 0 Å². The van der Waals surface area contributed by atoms with Crippen molar-refractivity contribution in [3.05, 3.63) is 58.4 Å². The van der Waals surface area contributed by atoms with Gasteiger partial charge in [-0.25, -0.2) is 0 Å². The van der Waals surface area contributed by atoms with E-state index in [0.717, 1.165) is 42.9 Å². The molecule has 1 aromatic carbocycles. The van der Waals surface area contributed by atoms with Gasteiger partial charge in [-0.3, -0.25) is 9.59 Å². The van der Waals surface area contributed by atoms with E-state index in [4.69, 9.17) is 0 Å². The molecule has 4 heteroatoms. The highest BCUT2D eigenvalue weighted by molar-refractivity contribution is 5.99. The van der Waals surface area contributed by atoms with Crippen LogP contribution in [0, 0.1) is 24.7 Å². The van der Waals surface area contributed by atoms with Gasteiger partial charge in [0.1, 0.15) is 0 Å². The van der Waals surface area contributed by atoms with E-state index >= 15 is 0 Å². The number of allylic oxidation sites excluding steroid dienone is 2. The zero-order chi connectivity index (χ0) is 24.0. The van der Waals surface area contributed by atoms with Crippen LogP contribution >= 0.6 is 0 Å². The topological polar surface area (TPSA) is 49.4 Å². The molecule has 1 aromatic rings. The van der Waals surface area contributed by atoms with Crippen molar-refractivity contribution in [3.8, 4) is 0 Å². The molecule has 1 fully saturated rings. The highest BCUT2D eigenvalue weighted by Gasteiger charge is 2.30. The third-order valence-corrected chi connectivity index (χ3v) is 7.46. The lowest BCUT2D eigenvalue weighted by molar-refractivity contribution is -0.124. The largest absolute Gasteiger partial charge is 0.355 e. The second-order valence-electron chi connectivity index (χ2n) is 10.4. The Labute approximate surface area is 200 Å². The van der Waals surface area contributed by atoms with Gasteiger partial charge in [0.15, 0.2) is 5.78 Å². The summed E-state index contributed by atoms with van der Waals surface area (Å²) in [6, 6.07) is 7.68. The molecule has 0 saturated heterocycles. The van der Waals surface area contributed by atoms with Crippen LogP contribution in [0.25, 0.3) is 0 Å². The molecular formula is C29H42N2O2. The Bertz CT molecular complexity index is 889. The lowest BCUT2D eigenvalue weighted by Gasteiger charge is -2.31. The summed E-state index contributed by atoms with van der Waals surface area (Å²) >= 11 is 0. The molecule has 2 aliphatic rings. The Morgan fingerprint density at radius 2 is 1.76 bits per heavy atom. The number of carbonyl (C=O) groups is 2. The van der Waals surface area contributed by atoms with E-state index < -0.39 is 5.92 Å². The number of nitrogens with zero attached hydrogens (tertiary/aromatic N) is 1. The molecule has 1 amide bonds. The van der Waals surface area contributed by atoms with Gasteiger partial charge in [0, 0.05) is 37.5 Å². The number of nitrogens with one attached hydrogen (secondary N) is 1. The van der Waals surface area contributed by atoms with Crippen molar-refractivity contribution >= 4 is 11.7 Å². The van der Waals surface area contributed by atoms with E-state index in [9.17, 15) is 9.59 Å². The van der Waals surface area contributed by atoms with Crippen LogP contribution in [0.3, 0.4) is 0 Å². The van der Waals surface area contributed by atoms with E-state index in [1.54, 1.807) is 0 Å². The number of hydrogen-bond acceptors (Lipinski definition) is 3. The van der Waals surface area contributed by atoms with Crippen molar-refractivity contribution in [1.29, 1.82) is 0 Å². The first-order valence-corrected chi connectivity index (χ1v) is 12.8. The molecule has 1 atom stereocenters. The third kappa shape index (κ3) is 6.82. The summed E-state index contributed by atoms with van der Waals surface area (Å²) in [5.74, 6) is 0.958. The van der Waals surface area contributed by atoms with Gasteiger partial charge in [-0.15, -0.1) is 0 Å². The maximum Gasteiger partial charge on any atom is 0.227 e. The van der Waals surface area contributed by atoms with Crippen molar-refractivity contribution in [2.75, 3.05) is 13.6 Å². The molecule has 3 rings (SSSR count). The molecule has 0 aromatic heterocycles. The number of hydrogen-bond donors (Lipinski definition) is 1. The van der Waals surface area contributed by atoms with Gasteiger partial charge in [0.05, 0.1) is 5.92 Å². The molecule has 180 valence electrons. The minimum Gasteiger partial charge on any atom is -0.355 e. The predicted octanol–water partition coefficient (Wildman–Crippen LogP) is 6.42. The molecule has 1 saturated carbocycles. The molecule has 1 unspecified atom stereocenters. The summed E-state index contributed by atoms with van der Waals surface area (Å²) in [5.41, 5.74) is 5.50. The Hall–Kier alpha value is -2.36. The molecule has 1 aliphatic carbocycles. The molecule has 0 bridgehead atoms. The number of ketones is 1. The van der Waals surface area contributed by atoms with E-state index in [2.05, 4.69) is 44.2 Å². The average Bonchev–Trinajstić information content (AvgIpc) is 2.79. The molecule has 1 heterocycles. The lowest BCUT2D eigenvalue weighted by Crippen LogP contribution is -2.38. The fourth-order valence-corrected chi connectivity index (χ4v) is 5.26. The normalized spacial score (nSPS) is 22.1. The van der Waals surface area contributed by atoms with E-state index in [0.29, 0.717) is 11.5 Å². The second kappa shape index (κ2) is 11.7. The third-order valence-electron chi connectivity index (χ3n) is 7.46. The first-order chi connectivity index (χ1) is 15.8. The zero-order valence-electron chi connectivity index (χ0n) is 21.2. The summed E-state index contributed by atoms with van der Waals surface area (Å²) in [6.45, 7) is 9.41. The van der Waals surface area contributed by atoms with Crippen molar-refractivity contribution in [2.24, 2.45) is 17.8 Å². The highest BCUT2D eigenvalue weighted by atomic mass is 16.2. The predicted molar refractivity (Wildman–Crippen MR) is 136 cm³/mol. The van der Waals surface area contributed by atoms with Crippen molar-refractivity contribution in [1.82, 2.24) is 10.2 Å². The smallest absolute Gasteiger partial charge is 0.227 e. The van der Waals surface area contributed by atoms with Gasteiger partial charge in [-0.05, 0) is 62.5 Å². The van der Waals surface area contributed by atoms with Crippen LogP contribution in [0.5, 0.6) is 0 Å². The van der Waals surface area contributed by atoms with Gasteiger partial charge in [-0.1, -0.05) is 62.9 Å². The number of rotatable bonds is 9. The van der Waals surface area contributed by atoms with E-state index in [1.165, 1.54) is 37.0 Å². The zero-order valence-corrected chi connectivity index (χ0v) is 21.2. The molecule has 1 N–H and O–H groups in total. The minimum atomic E-state index is -0.429. The van der Waals surface area contributed by atoms with Crippen molar-refractivity contribution in [3.63, 3.8) is 0 Å². The van der Waals surface area contributed by atoms with Gasteiger partial charge in [0.2, 0.25) is 5.91 Å². The monoisotopic (exact) mass is 450 g/mol. The molecule has 4 nitrogen and oxygen atoms in total. The van der Waals surface area contributed by atoms with Crippen LogP contribution in [0.15, 0.2) is 47.3 Å². The maximum absolute atomic E-state index is 13.5. The summed E-state index contributed by atoms with van der Waals surface area (Å²) in [7, 11) is 2.06. The van der Waals surface area contributed by atoms with Crippen molar-refractivity contribution in [2.45, 2.75) is 79.1 Å². The number of amides is 1. The Morgan fingerprint density at radius 3 is 2.36 bits per heavy atom. The number of Topliss-reactive ketones (excluding diaryl/α,β-unsaturated/α-hetero) is 1. The standard InChI is InChI=1S/C29H42N2O2/c1-6-7-27-22(4)16-25(19-31(27)5)26(17-28(32)24-14-10-21(3)11-15-24)29(33)30-18-23-12-8-20(2)9-13-23/h10-11,14-15,19-20,23,26H,6-9,12-13,16-18H2,1-5H3,(H,30,33). The molecule has 1 aliphatic heterocycles. The average molecular weight is 451 g/mol. The van der Waals surface area contributed by atoms with E-state index in [1.807, 2.05) is 31.2 Å². The summed E-state index contributed by atoms with van der Waals surface area (Å²) in [6.07, 6.45) is 10.1. The SMILES string of the molecule is CCCC1=C(C)CC(C(CC(=O)c2ccc(C)cc2)C(=O)NCC2CCC(C)CC2)=CN1C. The Morgan fingerprint density at radius 1 is 1.09 bits per heavy atom. The second-order valence-corrected chi connectivity index (χ2v) is 10.4. The lowest BCUT2D eigenvalue weighted by atomic mass is 9.82. The number of carbonyl (C=O) groups excluding carboxylic acids is 2.